The monoisotopic (exact) mass is 388 g/mol. The van der Waals surface area contributed by atoms with Crippen molar-refractivity contribution >= 4 is 11.2 Å². The predicted molar refractivity (Wildman–Crippen MR) is 116 cm³/mol. The van der Waals surface area contributed by atoms with E-state index in [1.807, 2.05) is 0 Å². The van der Waals surface area contributed by atoms with Gasteiger partial charge in [0.2, 0.25) is 0 Å². The minimum atomic E-state index is -0.116. The molecule has 2 aromatic heterocycles. The summed E-state index contributed by atoms with van der Waals surface area (Å²) in [7, 11) is 0. The third kappa shape index (κ3) is 2.37. The van der Waals surface area contributed by atoms with Gasteiger partial charge in [-0.1, -0.05) is 37.6 Å². The van der Waals surface area contributed by atoms with Crippen molar-refractivity contribution in [1.82, 2.24) is 9.38 Å². The molecule has 29 heavy (non-hydrogen) atoms. The molecule has 0 unspecified atom stereocenters. The van der Waals surface area contributed by atoms with Crippen molar-refractivity contribution in [3.05, 3.63) is 54.0 Å². The quantitative estimate of drug-likeness (QED) is 0.641. The summed E-state index contributed by atoms with van der Waals surface area (Å²) in [4.78, 5) is 4.67. The summed E-state index contributed by atoms with van der Waals surface area (Å²) in [6.07, 6.45) is 17.2. The number of aromatic nitrogens is 2. The minimum absolute atomic E-state index is 0.116. The van der Waals surface area contributed by atoms with Gasteiger partial charge in [0.1, 0.15) is 5.65 Å². The molecule has 3 heteroatoms. The first-order chi connectivity index (χ1) is 14.0. The standard InChI is InChI=1S/C26H32N2O/c1-25-12-10-18(29)15-17(25)6-7-19-20-8-9-22(26(20,2)13-11-21(19)25)23-16-27-24-5-3-4-14-28(23)24/h3-6,9,14,16,18-21,29H,7-8,10-13,15H2,1-2H3/t18-,19-,20-,21-,25-,26-/m0/s1. The SMILES string of the molecule is C[C@]12CC[C@H](O)CC1=CC[C@@H]1[C@@H]2CC[C@]2(C)C(c3cnc4ccccn34)=CC[C@@H]12. The normalized spacial score (nSPS) is 41.3. The minimum Gasteiger partial charge on any atom is -0.393 e. The Morgan fingerprint density at radius 2 is 1.90 bits per heavy atom. The van der Waals surface area contributed by atoms with Crippen molar-refractivity contribution < 1.29 is 5.11 Å². The fourth-order valence-corrected chi connectivity index (χ4v) is 7.74. The molecule has 2 fully saturated rings. The van der Waals surface area contributed by atoms with Crippen molar-refractivity contribution in [1.29, 1.82) is 0 Å². The Morgan fingerprint density at radius 3 is 2.79 bits per heavy atom. The molecule has 0 aromatic carbocycles. The summed E-state index contributed by atoms with van der Waals surface area (Å²) in [5, 5.41) is 10.2. The van der Waals surface area contributed by atoms with Crippen LogP contribution in [-0.2, 0) is 0 Å². The van der Waals surface area contributed by atoms with E-state index >= 15 is 0 Å². The molecule has 0 bridgehead atoms. The number of allylic oxidation sites excluding steroid dienone is 3. The number of imidazole rings is 1. The van der Waals surface area contributed by atoms with Crippen LogP contribution in [0.4, 0.5) is 0 Å². The van der Waals surface area contributed by atoms with Crippen molar-refractivity contribution in [2.24, 2.45) is 28.6 Å². The zero-order chi connectivity index (χ0) is 19.8. The second-order valence-corrected chi connectivity index (χ2v) is 10.5. The van der Waals surface area contributed by atoms with Gasteiger partial charge < -0.3 is 9.51 Å². The van der Waals surface area contributed by atoms with Gasteiger partial charge in [0, 0.05) is 6.20 Å². The Labute approximate surface area is 173 Å². The van der Waals surface area contributed by atoms with Crippen LogP contribution in [0.5, 0.6) is 0 Å². The van der Waals surface area contributed by atoms with Gasteiger partial charge in [0.15, 0.2) is 0 Å². The van der Waals surface area contributed by atoms with Gasteiger partial charge >= 0.3 is 0 Å². The summed E-state index contributed by atoms with van der Waals surface area (Å²) >= 11 is 0. The Balaban J connectivity index is 1.36. The van der Waals surface area contributed by atoms with Crippen LogP contribution in [0.1, 0.15) is 64.5 Å². The summed E-state index contributed by atoms with van der Waals surface area (Å²) in [5.41, 5.74) is 6.00. The van der Waals surface area contributed by atoms with Crippen LogP contribution >= 0.6 is 0 Å². The lowest BCUT2D eigenvalue weighted by Gasteiger charge is -2.57. The van der Waals surface area contributed by atoms with E-state index in [1.54, 1.807) is 5.57 Å². The van der Waals surface area contributed by atoms with Crippen LogP contribution < -0.4 is 0 Å². The van der Waals surface area contributed by atoms with Gasteiger partial charge in [-0.3, -0.25) is 0 Å². The van der Waals surface area contributed by atoms with Crippen LogP contribution in [0, 0.1) is 28.6 Å². The van der Waals surface area contributed by atoms with E-state index in [-0.39, 0.29) is 11.5 Å². The van der Waals surface area contributed by atoms with E-state index in [1.165, 1.54) is 37.0 Å². The smallest absolute Gasteiger partial charge is 0.137 e. The number of rotatable bonds is 1. The number of hydrogen-bond donors (Lipinski definition) is 1. The Hall–Kier alpha value is -1.87. The number of aliphatic hydroxyl groups is 1. The second-order valence-electron chi connectivity index (χ2n) is 10.5. The first-order valence-electron chi connectivity index (χ1n) is 11.5. The summed E-state index contributed by atoms with van der Waals surface area (Å²) in [6.45, 7) is 5.04. The van der Waals surface area contributed by atoms with E-state index in [0.717, 1.165) is 42.7 Å². The maximum absolute atomic E-state index is 10.2. The molecular formula is C26H32N2O. The van der Waals surface area contributed by atoms with Crippen LogP contribution in [0.25, 0.3) is 11.2 Å². The molecule has 4 aliphatic rings. The fourth-order valence-electron chi connectivity index (χ4n) is 7.74. The Morgan fingerprint density at radius 1 is 1.03 bits per heavy atom. The molecule has 2 saturated carbocycles. The molecule has 4 aliphatic carbocycles. The van der Waals surface area contributed by atoms with Gasteiger partial charge in [-0.25, -0.2) is 4.98 Å². The highest BCUT2D eigenvalue weighted by Gasteiger charge is 2.57. The number of hydrogen-bond acceptors (Lipinski definition) is 2. The van der Waals surface area contributed by atoms with Crippen LogP contribution in [0.3, 0.4) is 0 Å². The average molecular weight is 389 g/mol. The Bertz CT molecular complexity index is 1030. The molecule has 2 heterocycles. The molecule has 0 spiro atoms. The lowest BCUT2D eigenvalue weighted by molar-refractivity contribution is -0.0238. The molecule has 0 amide bonds. The molecule has 152 valence electrons. The summed E-state index contributed by atoms with van der Waals surface area (Å²) < 4.78 is 2.27. The first kappa shape index (κ1) is 17.9. The number of pyridine rings is 1. The highest BCUT2D eigenvalue weighted by molar-refractivity contribution is 5.72. The maximum atomic E-state index is 10.2. The molecule has 6 rings (SSSR count). The third-order valence-electron chi connectivity index (χ3n) is 9.35. The van der Waals surface area contributed by atoms with Crippen molar-refractivity contribution in [3.63, 3.8) is 0 Å². The molecule has 6 atom stereocenters. The van der Waals surface area contributed by atoms with Gasteiger partial charge in [-0.15, -0.1) is 0 Å². The zero-order valence-corrected chi connectivity index (χ0v) is 17.6. The van der Waals surface area contributed by atoms with Crippen molar-refractivity contribution in [3.8, 4) is 0 Å². The fraction of sp³-hybridized carbons (Fsp3) is 0.577. The molecular weight excluding hydrogens is 356 g/mol. The van der Waals surface area contributed by atoms with Crippen LogP contribution in [-0.4, -0.2) is 20.6 Å². The predicted octanol–water partition coefficient (Wildman–Crippen LogP) is 5.65. The third-order valence-corrected chi connectivity index (χ3v) is 9.35. The highest BCUT2D eigenvalue weighted by Crippen LogP contribution is 2.66. The zero-order valence-electron chi connectivity index (χ0n) is 17.6. The lowest BCUT2D eigenvalue weighted by Crippen LogP contribution is -2.49. The number of fused-ring (bicyclic) bond motifs is 6. The van der Waals surface area contributed by atoms with E-state index in [2.05, 4.69) is 66.0 Å². The van der Waals surface area contributed by atoms with Crippen LogP contribution in [0.15, 0.2) is 48.3 Å². The number of aliphatic hydroxyl groups excluding tert-OH is 1. The molecule has 3 nitrogen and oxygen atoms in total. The maximum Gasteiger partial charge on any atom is 0.137 e. The molecule has 0 saturated heterocycles. The molecule has 2 aromatic rings. The molecule has 0 aliphatic heterocycles. The summed E-state index contributed by atoms with van der Waals surface area (Å²) in [6, 6.07) is 6.27. The van der Waals surface area contributed by atoms with Crippen molar-refractivity contribution in [2.45, 2.75) is 64.9 Å². The van der Waals surface area contributed by atoms with Crippen LogP contribution in [0.2, 0.25) is 0 Å². The summed E-state index contributed by atoms with van der Waals surface area (Å²) in [5.74, 6) is 2.28. The van der Waals surface area contributed by atoms with E-state index in [4.69, 9.17) is 0 Å². The molecule has 1 N–H and O–H groups in total. The van der Waals surface area contributed by atoms with Gasteiger partial charge in [-0.2, -0.15) is 0 Å². The highest BCUT2D eigenvalue weighted by atomic mass is 16.3. The topological polar surface area (TPSA) is 37.5 Å². The van der Waals surface area contributed by atoms with E-state index in [9.17, 15) is 5.11 Å². The van der Waals surface area contributed by atoms with Gasteiger partial charge in [-0.05, 0) is 91.2 Å². The Kier molecular flexibility index (Phi) is 3.76. The lowest BCUT2D eigenvalue weighted by atomic mass is 9.47. The van der Waals surface area contributed by atoms with E-state index < -0.39 is 0 Å². The second kappa shape index (κ2) is 6.07. The molecule has 0 radical (unpaired) electrons. The first-order valence-corrected chi connectivity index (χ1v) is 11.5. The van der Waals surface area contributed by atoms with Gasteiger partial charge in [0.25, 0.3) is 0 Å². The average Bonchev–Trinajstić information content (AvgIpc) is 3.29. The largest absolute Gasteiger partial charge is 0.393 e. The van der Waals surface area contributed by atoms with E-state index in [0.29, 0.717) is 5.41 Å². The van der Waals surface area contributed by atoms with Gasteiger partial charge in [0.05, 0.1) is 18.0 Å². The number of nitrogens with zero attached hydrogens (tertiary/aromatic N) is 2. The van der Waals surface area contributed by atoms with Crippen molar-refractivity contribution in [2.75, 3.05) is 0 Å².